The number of benzene rings is 3. The number of para-hydroxylation sites is 1. The van der Waals surface area contributed by atoms with Crippen LogP contribution in [0, 0.1) is 6.92 Å². The van der Waals surface area contributed by atoms with Gasteiger partial charge in [-0.2, -0.15) is 0 Å². The SMILES string of the molecule is Cc1ccc(NCC(=O)O)c(OCCOc2cc(-c3nc4ccccc4s3)c(O)cc2NCC(=O)O)c1. The van der Waals surface area contributed by atoms with Gasteiger partial charge in [-0.3, -0.25) is 9.59 Å². The molecule has 0 bridgehead atoms. The molecule has 0 aliphatic rings. The van der Waals surface area contributed by atoms with Crippen molar-refractivity contribution in [2.24, 2.45) is 0 Å². The lowest BCUT2D eigenvalue weighted by atomic mass is 10.1. The fourth-order valence-corrected chi connectivity index (χ4v) is 4.52. The number of nitrogens with zero attached hydrogens (tertiary/aromatic N) is 1. The fourth-order valence-electron chi connectivity index (χ4n) is 3.52. The van der Waals surface area contributed by atoms with Gasteiger partial charge in [0.15, 0.2) is 0 Å². The Bertz CT molecular complexity index is 1400. The topological polar surface area (TPSA) is 150 Å². The first kappa shape index (κ1) is 25.6. The van der Waals surface area contributed by atoms with E-state index in [0.29, 0.717) is 33.4 Å². The second kappa shape index (κ2) is 11.5. The lowest BCUT2D eigenvalue weighted by Crippen LogP contribution is -2.16. The number of rotatable bonds is 12. The van der Waals surface area contributed by atoms with Gasteiger partial charge in [0.25, 0.3) is 0 Å². The number of anilines is 2. The van der Waals surface area contributed by atoms with E-state index in [4.69, 9.17) is 19.7 Å². The standard InChI is InChI=1S/C26H25N3O7S/c1-15-6-7-17(27-13-24(31)32)21(10-15)35-8-9-36-22-11-16(20(30)12-19(22)28-14-25(33)34)26-29-18-4-2-3-5-23(18)37-26/h2-7,10-12,27-28,30H,8-9,13-14H2,1H3,(H,31,32)(H,33,34). The lowest BCUT2D eigenvalue weighted by molar-refractivity contribution is -0.135. The predicted molar refractivity (Wildman–Crippen MR) is 141 cm³/mol. The van der Waals surface area contributed by atoms with E-state index in [-0.39, 0.29) is 32.1 Å². The second-order valence-electron chi connectivity index (χ2n) is 8.04. The van der Waals surface area contributed by atoms with Gasteiger partial charge in [0.2, 0.25) is 0 Å². The van der Waals surface area contributed by atoms with E-state index in [1.54, 1.807) is 18.2 Å². The highest BCUT2D eigenvalue weighted by Gasteiger charge is 2.16. The number of phenols is 1. The molecule has 3 aromatic carbocycles. The number of phenolic OH excluding ortho intramolecular Hbond substituents is 1. The normalized spacial score (nSPS) is 10.7. The van der Waals surface area contributed by atoms with Gasteiger partial charge in [-0.05, 0) is 42.8 Å². The molecule has 10 nitrogen and oxygen atoms in total. The monoisotopic (exact) mass is 523 g/mol. The molecule has 5 N–H and O–H groups in total. The summed E-state index contributed by atoms with van der Waals surface area (Å²) in [6.07, 6.45) is 0. The Morgan fingerprint density at radius 2 is 1.54 bits per heavy atom. The van der Waals surface area contributed by atoms with Crippen molar-refractivity contribution in [1.82, 2.24) is 4.98 Å². The summed E-state index contributed by atoms with van der Waals surface area (Å²) in [4.78, 5) is 26.6. The maximum absolute atomic E-state index is 11.1. The summed E-state index contributed by atoms with van der Waals surface area (Å²) < 4.78 is 12.7. The highest BCUT2D eigenvalue weighted by molar-refractivity contribution is 7.21. The van der Waals surface area contributed by atoms with Crippen LogP contribution in [0.1, 0.15) is 5.56 Å². The number of carboxylic acid groups (broad SMARTS) is 2. The van der Waals surface area contributed by atoms with Crippen molar-refractivity contribution >= 4 is 44.9 Å². The minimum absolute atomic E-state index is 0.0653. The summed E-state index contributed by atoms with van der Waals surface area (Å²) in [6, 6.07) is 16.0. The molecule has 0 atom stereocenters. The summed E-state index contributed by atoms with van der Waals surface area (Å²) in [5.74, 6) is -1.32. The largest absolute Gasteiger partial charge is 0.507 e. The lowest BCUT2D eigenvalue weighted by Gasteiger charge is -2.16. The van der Waals surface area contributed by atoms with Crippen LogP contribution in [0.25, 0.3) is 20.8 Å². The zero-order valence-corrected chi connectivity index (χ0v) is 20.7. The maximum atomic E-state index is 11.1. The molecule has 0 saturated heterocycles. The van der Waals surface area contributed by atoms with E-state index in [0.717, 1.165) is 15.8 Å². The van der Waals surface area contributed by atoms with Crippen molar-refractivity contribution in [3.8, 4) is 27.8 Å². The number of carbonyl (C=O) groups is 2. The number of nitrogens with one attached hydrogen (secondary N) is 2. The molecule has 11 heteroatoms. The summed E-state index contributed by atoms with van der Waals surface area (Å²) in [5, 5.41) is 34.9. The Balaban J connectivity index is 1.52. The number of aryl methyl sites for hydroxylation is 1. The predicted octanol–water partition coefficient (Wildman–Crippen LogP) is 4.43. The molecule has 37 heavy (non-hydrogen) atoms. The van der Waals surface area contributed by atoms with Crippen LogP contribution in [0.15, 0.2) is 54.6 Å². The Hall–Kier alpha value is -4.51. The molecule has 0 amide bonds. The van der Waals surface area contributed by atoms with Crippen LogP contribution in [0.4, 0.5) is 11.4 Å². The smallest absolute Gasteiger partial charge is 0.322 e. The summed E-state index contributed by atoms with van der Waals surface area (Å²) in [7, 11) is 0. The third kappa shape index (κ3) is 6.58. The molecule has 0 aliphatic heterocycles. The Morgan fingerprint density at radius 1 is 0.892 bits per heavy atom. The molecule has 0 unspecified atom stereocenters. The number of ether oxygens (including phenoxy) is 2. The molecule has 0 fully saturated rings. The highest BCUT2D eigenvalue weighted by Crippen LogP contribution is 2.41. The number of aliphatic carboxylic acids is 2. The van der Waals surface area contributed by atoms with Crippen LogP contribution in [0.2, 0.25) is 0 Å². The first-order valence-electron chi connectivity index (χ1n) is 11.3. The highest BCUT2D eigenvalue weighted by atomic mass is 32.1. The summed E-state index contributed by atoms with van der Waals surface area (Å²) >= 11 is 1.42. The number of aromatic nitrogens is 1. The van der Waals surface area contributed by atoms with Crippen molar-refractivity contribution in [3.05, 3.63) is 60.2 Å². The van der Waals surface area contributed by atoms with E-state index in [2.05, 4.69) is 15.6 Å². The minimum Gasteiger partial charge on any atom is -0.507 e. The molecule has 0 spiro atoms. The fraction of sp³-hybridized carbons (Fsp3) is 0.192. The number of thiazole rings is 1. The first-order valence-corrected chi connectivity index (χ1v) is 12.1. The van der Waals surface area contributed by atoms with E-state index in [1.165, 1.54) is 17.4 Å². The molecular weight excluding hydrogens is 498 g/mol. The van der Waals surface area contributed by atoms with Crippen molar-refractivity contribution in [2.75, 3.05) is 36.9 Å². The quantitative estimate of drug-likeness (QED) is 0.169. The van der Waals surface area contributed by atoms with Gasteiger partial charge in [-0.25, -0.2) is 4.98 Å². The maximum Gasteiger partial charge on any atom is 0.322 e. The van der Waals surface area contributed by atoms with Crippen LogP contribution < -0.4 is 20.1 Å². The Morgan fingerprint density at radius 3 is 2.22 bits per heavy atom. The van der Waals surface area contributed by atoms with Crippen LogP contribution >= 0.6 is 11.3 Å². The molecule has 4 aromatic rings. The number of carboxylic acids is 2. The average molecular weight is 524 g/mol. The number of aromatic hydroxyl groups is 1. The molecule has 1 aromatic heterocycles. The zero-order chi connectivity index (χ0) is 26.4. The third-order valence-corrected chi connectivity index (χ3v) is 6.29. The van der Waals surface area contributed by atoms with Gasteiger partial charge in [0.1, 0.15) is 48.6 Å². The Kier molecular flexibility index (Phi) is 7.94. The van der Waals surface area contributed by atoms with Crippen molar-refractivity contribution < 1.29 is 34.4 Å². The van der Waals surface area contributed by atoms with Gasteiger partial charge in [-0.1, -0.05) is 18.2 Å². The van der Waals surface area contributed by atoms with E-state index in [1.807, 2.05) is 37.3 Å². The van der Waals surface area contributed by atoms with Crippen molar-refractivity contribution in [3.63, 3.8) is 0 Å². The minimum atomic E-state index is -1.06. The van der Waals surface area contributed by atoms with Crippen molar-refractivity contribution in [2.45, 2.75) is 6.92 Å². The number of fused-ring (bicyclic) bond motifs is 1. The van der Waals surface area contributed by atoms with E-state index in [9.17, 15) is 14.7 Å². The second-order valence-corrected chi connectivity index (χ2v) is 9.07. The van der Waals surface area contributed by atoms with Gasteiger partial charge < -0.3 is 35.4 Å². The van der Waals surface area contributed by atoms with Gasteiger partial charge in [-0.15, -0.1) is 11.3 Å². The van der Waals surface area contributed by atoms with Crippen LogP contribution in [0.3, 0.4) is 0 Å². The summed E-state index contributed by atoms with van der Waals surface area (Å²) in [6.45, 7) is 1.50. The molecular formula is C26H25N3O7S. The number of hydrogen-bond acceptors (Lipinski definition) is 9. The molecule has 1 heterocycles. The average Bonchev–Trinajstić information content (AvgIpc) is 3.29. The number of hydrogen-bond donors (Lipinski definition) is 5. The van der Waals surface area contributed by atoms with Crippen LogP contribution in [0.5, 0.6) is 17.2 Å². The van der Waals surface area contributed by atoms with E-state index < -0.39 is 11.9 Å². The molecule has 0 saturated carbocycles. The van der Waals surface area contributed by atoms with Gasteiger partial charge >= 0.3 is 11.9 Å². The first-order chi connectivity index (χ1) is 17.8. The van der Waals surface area contributed by atoms with Crippen LogP contribution in [-0.4, -0.2) is 58.5 Å². The molecule has 0 aliphatic carbocycles. The molecule has 4 rings (SSSR count). The zero-order valence-electron chi connectivity index (χ0n) is 19.9. The summed E-state index contributed by atoms with van der Waals surface area (Å²) in [5.41, 5.74) is 3.05. The van der Waals surface area contributed by atoms with Crippen molar-refractivity contribution in [1.29, 1.82) is 0 Å². The molecule has 0 radical (unpaired) electrons. The Labute approximate surface area is 216 Å². The molecule has 192 valence electrons. The van der Waals surface area contributed by atoms with Crippen LogP contribution in [-0.2, 0) is 9.59 Å². The third-order valence-electron chi connectivity index (χ3n) is 5.22. The van der Waals surface area contributed by atoms with Gasteiger partial charge in [0, 0.05) is 6.07 Å². The van der Waals surface area contributed by atoms with E-state index >= 15 is 0 Å². The van der Waals surface area contributed by atoms with Gasteiger partial charge in [0.05, 0.1) is 27.2 Å².